The zero-order valence-corrected chi connectivity index (χ0v) is 12.1. The summed E-state index contributed by atoms with van der Waals surface area (Å²) >= 11 is 7.82. The molecule has 18 heavy (non-hydrogen) atoms. The van der Waals surface area contributed by atoms with E-state index in [1.807, 2.05) is 0 Å². The molecule has 1 atom stereocenters. The first kappa shape index (κ1) is 13.3. The Labute approximate surface area is 116 Å². The van der Waals surface area contributed by atoms with E-state index in [9.17, 15) is 0 Å². The predicted octanol–water partition coefficient (Wildman–Crippen LogP) is 4.32. The maximum Gasteiger partial charge on any atom is 0.137 e. The molecule has 96 valence electrons. The molecule has 2 rings (SSSR count). The van der Waals surface area contributed by atoms with Gasteiger partial charge < -0.3 is 5.32 Å². The van der Waals surface area contributed by atoms with Gasteiger partial charge in [-0.2, -0.15) is 11.3 Å². The number of hydrogen-bond donors (Lipinski definition) is 1. The molecule has 0 aliphatic heterocycles. The summed E-state index contributed by atoms with van der Waals surface area (Å²) in [5.41, 5.74) is 2.26. The van der Waals surface area contributed by atoms with Crippen LogP contribution in [0.1, 0.15) is 37.4 Å². The Hall–Kier alpha value is -1.13. The first-order valence-corrected chi connectivity index (χ1v) is 7.32. The Kier molecular flexibility index (Phi) is 4.55. The number of nitrogens with zero attached hydrogens (tertiary/aromatic N) is 2. The summed E-state index contributed by atoms with van der Waals surface area (Å²) < 4.78 is 0. The molecule has 0 aliphatic carbocycles. The van der Waals surface area contributed by atoms with E-state index in [1.54, 1.807) is 11.3 Å². The molecule has 0 saturated carbocycles. The third-order valence-corrected chi connectivity index (χ3v) is 3.82. The van der Waals surface area contributed by atoms with Gasteiger partial charge in [0.15, 0.2) is 0 Å². The number of nitrogens with one attached hydrogen (secondary N) is 1. The average Bonchev–Trinajstić information content (AvgIpc) is 2.87. The number of hydrogen-bond acceptors (Lipinski definition) is 4. The van der Waals surface area contributed by atoms with E-state index in [1.165, 1.54) is 11.9 Å². The highest BCUT2D eigenvalue weighted by molar-refractivity contribution is 7.07. The van der Waals surface area contributed by atoms with Crippen LogP contribution in [0.4, 0.5) is 5.82 Å². The lowest BCUT2D eigenvalue weighted by Gasteiger charge is -2.16. The van der Waals surface area contributed by atoms with Gasteiger partial charge in [0, 0.05) is 5.56 Å². The molecule has 0 fully saturated rings. The Morgan fingerprint density at radius 1 is 1.44 bits per heavy atom. The molecule has 0 saturated heterocycles. The molecule has 0 radical (unpaired) electrons. The molecule has 0 amide bonds. The lowest BCUT2D eigenvalue weighted by molar-refractivity contribution is 0.849. The van der Waals surface area contributed by atoms with Gasteiger partial charge in [0.2, 0.25) is 0 Å². The van der Waals surface area contributed by atoms with Crippen LogP contribution in [0.15, 0.2) is 23.2 Å². The van der Waals surface area contributed by atoms with Gasteiger partial charge in [-0.3, -0.25) is 0 Å². The first-order chi connectivity index (χ1) is 8.72. The fourth-order valence-electron chi connectivity index (χ4n) is 1.80. The summed E-state index contributed by atoms with van der Waals surface area (Å²) in [5, 5.41) is 8.17. The molecule has 0 bridgehead atoms. The minimum Gasteiger partial charge on any atom is -0.363 e. The number of thiophene rings is 1. The van der Waals surface area contributed by atoms with Crippen molar-refractivity contribution in [3.63, 3.8) is 0 Å². The molecule has 5 heteroatoms. The molecule has 0 spiro atoms. The number of halogens is 1. The summed E-state index contributed by atoms with van der Waals surface area (Å²) in [6.45, 7) is 4.24. The Bertz CT molecular complexity index is 499. The zero-order chi connectivity index (χ0) is 13.0. The number of aromatic nitrogens is 2. The van der Waals surface area contributed by atoms with E-state index < -0.39 is 0 Å². The second-order valence-electron chi connectivity index (χ2n) is 4.16. The Balaban J connectivity index is 2.20. The van der Waals surface area contributed by atoms with Crippen LogP contribution in [0.5, 0.6) is 0 Å². The summed E-state index contributed by atoms with van der Waals surface area (Å²) in [6.07, 6.45) is 3.41. The van der Waals surface area contributed by atoms with Crippen molar-refractivity contribution in [1.29, 1.82) is 0 Å². The van der Waals surface area contributed by atoms with Gasteiger partial charge in [0.25, 0.3) is 0 Å². The molecule has 3 nitrogen and oxygen atoms in total. The van der Waals surface area contributed by atoms with Gasteiger partial charge in [0.05, 0.1) is 6.04 Å². The quantitative estimate of drug-likeness (QED) is 0.830. The summed E-state index contributed by atoms with van der Waals surface area (Å²) in [5.74, 6) is 0.843. The van der Waals surface area contributed by atoms with Crippen LogP contribution in [-0.4, -0.2) is 9.97 Å². The lowest BCUT2D eigenvalue weighted by atomic mass is 10.1. The van der Waals surface area contributed by atoms with Gasteiger partial charge in [0.1, 0.15) is 17.3 Å². The van der Waals surface area contributed by atoms with Crippen LogP contribution < -0.4 is 5.32 Å². The Morgan fingerprint density at radius 3 is 2.94 bits per heavy atom. The molecule has 2 heterocycles. The summed E-state index contributed by atoms with van der Waals surface area (Å²) in [4.78, 5) is 8.35. The topological polar surface area (TPSA) is 37.8 Å². The van der Waals surface area contributed by atoms with E-state index in [-0.39, 0.29) is 6.04 Å². The number of anilines is 1. The molecular formula is C13H16ClN3S. The highest BCUT2D eigenvalue weighted by Gasteiger charge is 2.12. The summed E-state index contributed by atoms with van der Waals surface area (Å²) in [7, 11) is 0. The van der Waals surface area contributed by atoms with Crippen LogP contribution in [0.2, 0.25) is 5.15 Å². The van der Waals surface area contributed by atoms with Gasteiger partial charge >= 0.3 is 0 Å². The van der Waals surface area contributed by atoms with Crippen molar-refractivity contribution in [3.8, 4) is 0 Å². The molecule has 1 unspecified atom stereocenters. The van der Waals surface area contributed by atoms with Crippen molar-refractivity contribution in [3.05, 3.63) is 39.4 Å². The maximum absolute atomic E-state index is 6.13. The fourth-order valence-corrected chi connectivity index (χ4v) is 2.78. The van der Waals surface area contributed by atoms with E-state index in [2.05, 4.69) is 46.0 Å². The van der Waals surface area contributed by atoms with Crippen molar-refractivity contribution in [2.45, 2.75) is 32.7 Å². The molecule has 2 aromatic rings. The van der Waals surface area contributed by atoms with Gasteiger partial charge in [-0.15, -0.1) is 0 Å². The van der Waals surface area contributed by atoms with Crippen molar-refractivity contribution in [1.82, 2.24) is 9.97 Å². The molecule has 1 N–H and O–H groups in total. The SMILES string of the molecule is CCCc1c(Cl)ncnc1NC(C)c1ccsc1. The van der Waals surface area contributed by atoms with Crippen molar-refractivity contribution >= 4 is 28.8 Å². The van der Waals surface area contributed by atoms with Gasteiger partial charge in [-0.25, -0.2) is 9.97 Å². The minimum absolute atomic E-state index is 0.220. The highest BCUT2D eigenvalue weighted by atomic mass is 35.5. The van der Waals surface area contributed by atoms with E-state index >= 15 is 0 Å². The first-order valence-electron chi connectivity index (χ1n) is 6.00. The standard InChI is InChI=1S/C13H16ClN3S/c1-3-4-11-12(14)15-8-16-13(11)17-9(2)10-5-6-18-7-10/h5-9H,3-4H2,1-2H3,(H,15,16,17). The molecule has 0 aliphatic rings. The normalized spacial score (nSPS) is 12.4. The van der Waals surface area contributed by atoms with E-state index in [4.69, 9.17) is 11.6 Å². The molecule has 0 aromatic carbocycles. The van der Waals surface area contributed by atoms with Gasteiger partial charge in [-0.05, 0) is 35.7 Å². The maximum atomic E-state index is 6.13. The minimum atomic E-state index is 0.220. The second-order valence-corrected chi connectivity index (χ2v) is 5.30. The lowest BCUT2D eigenvalue weighted by Crippen LogP contribution is -2.10. The van der Waals surface area contributed by atoms with Crippen LogP contribution in [0, 0.1) is 0 Å². The van der Waals surface area contributed by atoms with Crippen LogP contribution in [0.25, 0.3) is 0 Å². The van der Waals surface area contributed by atoms with Gasteiger partial charge in [-0.1, -0.05) is 24.9 Å². The number of rotatable bonds is 5. The Morgan fingerprint density at radius 2 is 2.28 bits per heavy atom. The third kappa shape index (κ3) is 3.00. The highest BCUT2D eigenvalue weighted by Crippen LogP contribution is 2.26. The molecular weight excluding hydrogens is 266 g/mol. The van der Waals surface area contributed by atoms with E-state index in [0.29, 0.717) is 5.15 Å². The van der Waals surface area contributed by atoms with Crippen LogP contribution >= 0.6 is 22.9 Å². The van der Waals surface area contributed by atoms with Crippen LogP contribution in [0.3, 0.4) is 0 Å². The second kappa shape index (κ2) is 6.16. The largest absolute Gasteiger partial charge is 0.363 e. The predicted molar refractivity (Wildman–Crippen MR) is 77.4 cm³/mol. The molecule has 2 aromatic heterocycles. The van der Waals surface area contributed by atoms with Crippen molar-refractivity contribution in [2.24, 2.45) is 0 Å². The monoisotopic (exact) mass is 281 g/mol. The smallest absolute Gasteiger partial charge is 0.137 e. The van der Waals surface area contributed by atoms with E-state index in [0.717, 1.165) is 24.2 Å². The van der Waals surface area contributed by atoms with Crippen LogP contribution in [-0.2, 0) is 6.42 Å². The third-order valence-electron chi connectivity index (χ3n) is 2.79. The fraction of sp³-hybridized carbons (Fsp3) is 0.385. The van der Waals surface area contributed by atoms with Crippen molar-refractivity contribution in [2.75, 3.05) is 5.32 Å². The van der Waals surface area contributed by atoms with Crippen molar-refractivity contribution < 1.29 is 0 Å². The average molecular weight is 282 g/mol. The zero-order valence-electron chi connectivity index (χ0n) is 10.5. The summed E-state index contributed by atoms with van der Waals surface area (Å²) in [6, 6.07) is 2.34.